The smallest absolute Gasteiger partial charge is 0.308 e. The van der Waals surface area contributed by atoms with Gasteiger partial charge < -0.3 is 29.2 Å². The van der Waals surface area contributed by atoms with Crippen LogP contribution in [0.3, 0.4) is 0 Å². The molecule has 0 saturated carbocycles. The highest BCUT2D eigenvalue weighted by Gasteiger charge is 2.63. The number of rotatable bonds is 4. The third kappa shape index (κ3) is 4.70. The van der Waals surface area contributed by atoms with Crippen molar-refractivity contribution in [3.63, 3.8) is 0 Å². The molecular formula is C21H36O7. The fourth-order valence-corrected chi connectivity index (χ4v) is 4.65. The van der Waals surface area contributed by atoms with Crippen molar-refractivity contribution < 1.29 is 34.0 Å². The molecule has 0 amide bonds. The van der Waals surface area contributed by atoms with Gasteiger partial charge in [0.05, 0.1) is 18.6 Å². The largest absolute Gasteiger partial charge is 0.460 e. The molecule has 7 nitrogen and oxygen atoms in total. The van der Waals surface area contributed by atoms with E-state index in [2.05, 4.69) is 0 Å². The van der Waals surface area contributed by atoms with Crippen LogP contribution in [0.4, 0.5) is 0 Å². The quantitative estimate of drug-likeness (QED) is 0.701. The minimum absolute atomic E-state index is 0.0417. The van der Waals surface area contributed by atoms with E-state index in [1.54, 1.807) is 6.92 Å². The molecule has 0 aromatic heterocycles. The highest BCUT2D eigenvalue weighted by atomic mass is 16.8. The van der Waals surface area contributed by atoms with Crippen molar-refractivity contribution in [3.8, 4) is 0 Å². The fourth-order valence-electron chi connectivity index (χ4n) is 4.65. The van der Waals surface area contributed by atoms with Crippen LogP contribution >= 0.6 is 0 Å². The Labute approximate surface area is 167 Å². The third-order valence-corrected chi connectivity index (χ3v) is 6.05. The lowest BCUT2D eigenvalue weighted by atomic mass is 9.83. The van der Waals surface area contributed by atoms with Gasteiger partial charge in [-0.1, -0.05) is 0 Å². The van der Waals surface area contributed by atoms with E-state index in [9.17, 15) is 15.0 Å². The number of hydrogen-bond acceptors (Lipinski definition) is 7. The molecule has 3 aliphatic heterocycles. The Kier molecular flexibility index (Phi) is 6.15. The molecular weight excluding hydrogens is 364 g/mol. The summed E-state index contributed by atoms with van der Waals surface area (Å²) in [5.41, 5.74) is -1.70. The maximum Gasteiger partial charge on any atom is 0.308 e. The molecule has 0 radical (unpaired) electrons. The highest BCUT2D eigenvalue weighted by molar-refractivity contribution is 5.70. The first-order valence-corrected chi connectivity index (χ1v) is 10.6. The molecule has 2 spiro atoms. The van der Waals surface area contributed by atoms with Gasteiger partial charge in [-0.3, -0.25) is 4.79 Å². The topological polar surface area (TPSA) is 94.5 Å². The zero-order chi connectivity index (χ0) is 20.6. The van der Waals surface area contributed by atoms with Crippen LogP contribution in [0, 0.1) is 0 Å². The van der Waals surface area contributed by atoms with Crippen molar-refractivity contribution in [1.29, 1.82) is 0 Å². The summed E-state index contributed by atoms with van der Waals surface area (Å²) in [5, 5.41) is 20.3. The molecule has 0 aliphatic carbocycles. The Morgan fingerprint density at radius 2 is 1.86 bits per heavy atom. The normalized spacial score (nSPS) is 41.5. The third-order valence-electron chi connectivity index (χ3n) is 6.05. The van der Waals surface area contributed by atoms with E-state index < -0.39 is 22.8 Å². The van der Waals surface area contributed by atoms with Crippen LogP contribution < -0.4 is 0 Å². The number of carbonyl (C=O) groups excluding carboxylic acids is 1. The number of ether oxygens (including phenoxy) is 4. The van der Waals surface area contributed by atoms with Crippen molar-refractivity contribution in [2.24, 2.45) is 0 Å². The Balaban J connectivity index is 1.69. The lowest BCUT2D eigenvalue weighted by molar-refractivity contribution is -0.401. The monoisotopic (exact) mass is 400 g/mol. The molecule has 3 heterocycles. The van der Waals surface area contributed by atoms with Gasteiger partial charge in [0, 0.05) is 25.9 Å². The first-order valence-electron chi connectivity index (χ1n) is 10.6. The van der Waals surface area contributed by atoms with E-state index >= 15 is 0 Å². The molecule has 162 valence electrons. The second-order valence-electron chi connectivity index (χ2n) is 9.75. The van der Waals surface area contributed by atoms with Gasteiger partial charge in [-0.15, -0.1) is 0 Å². The Morgan fingerprint density at radius 1 is 1.11 bits per heavy atom. The maximum absolute atomic E-state index is 12.2. The summed E-state index contributed by atoms with van der Waals surface area (Å²) >= 11 is 0. The molecule has 3 rings (SSSR count). The first kappa shape index (κ1) is 22.0. The van der Waals surface area contributed by atoms with Gasteiger partial charge in [0.1, 0.15) is 11.2 Å². The Hall–Kier alpha value is -0.730. The lowest BCUT2D eigenvalue weighted by Crippen LogP contribution is -2.60. The summed E-state index contributed by atoms with van der Waals surface area (Å²) in [5.74, 6) is -2.27. The molecule has 0 bridgehead atoms. The molecule has 0 unspecified atom stereocenters. The van der Waals surface area contributed by atoms with Crippen LogP contribution in [0.15, 0.2) is 0 Å². The van der Waals surface area contributed by atoms with Crippen LogP contribution in [-0.2, 0) is 23.7 Å². The summed E-state index contributed by atoms with van der Waals surface area (Å²) in [7, 11) is 0. The van der Waals surface area contributed by atoms with E-state index in [0.717, 1.165) is 19.3 Å². The van der Waals surface area contributed by atoms with Gasteiger partial charge in [0.25, 0.3) is 0 Å². The standard InChI is InChI=1S/C21H36O7/c1-18(2,3)27-17(23)14-16-7-10-19(4,24)21(26-16)12-11-20(28-21)9-5-6-15(25-20)8-13-22/h15-16,22,24H,5-14H2,1-4H3/t15-,16+,19-,20+,21-/m1/s1. The summed E-state index contributed by atoms with van der Waals surface area (Å²) in [4.78, 5) is 12.2. The minimum atomic E-state index is -1.18. The molecule has 0 aromatic carbocycles. The summed E-state index contributed by atoms with van der Waals surface area (Å²) in [6.45, 7) is 7.34. The van der Waals surface area contributed by atoms with Crippen LogP contribution in [0.25, 0.3) is 0 Å². The SMILES string of the molecule is CC(C)(C)OC(=O)C[C@@H]1CC[C@@](C)(O)[C@]2(CC[C@]3(CCC[C@H](CCO)O3)O2)O1. The van der Waals surface area contributed by atoms with Crippen LogP contribution in [0.1, 0.15) is 85.5 Å². The predicted octanol–water partition coefficient (Wildman–Crippen LogP) is 2.80. The molecule has 5 atom stereocenters. The minimum Gasteiger partial charge on any atom is -0.460 e. The van der Waals surface area contributed by atoms with Crippen molar-refractivity contribution >= 4 is 5.97 Å². The van der Waals surface area contributed by atoms with E-state index in [1.165, 1.54) is 0 Å². The molecule has 28 heavy (non-hydrogen) atoms. The lowest BCUT2D eigenvalue weighted by Gasteiger charge is -2.50. The molecule has 3 saturated heterocycles. The molecule has 3 fully saturated rings. The Morgan fingerprint density at radius 3 is 2.54 bits per heavy atom. The first-order chi connectivity index (χ1) is 13.0. The number of hydrogen-bond donors (Lipinski definition) is 2. The Bertz CT molecular complexity index is 568. The van der Waals surface area contributed by atoms with Gasteiger partial charge in [-0.25, -0.2) is 0 Å². The van der Waals surface area contributed by atoms with Gasteiger partial charge in [0.2, 0.25) is 5.79 Å². The average molecular weight is 401 g/mol. The van der Waals surface area contributed by atoms with Crippen molar-refractivity contribution in [1.82, 2.24) is 0 Å². The van der Waals surface area contributed by atoms with Crippen LogP contribution in [0.5, 0.6) is 0 Å². The van der Waals surface area contributed by atoms with Crippen LogP contribution in [-0.4, -0.2) is 57.8 Å². The molecule has 7 heteroatoms. The van der Waals surface area contributed by atoms with Gasteiger partial charge >= 0.3 is 5.97 Å². The zero-order valence-electron chi connectivity index (χ0n) is 17.7. The second-order valence-corrected chi connectivity index (χ2v) is 9.75. The van der Waals surface area contributed by atoms with Crippen LogP contribution in [0.2, 0.25) is 0 Å². The van der Waals surface area contributed by atoms with E-state index in [-0.39, 0.29) is 31.2 Å². The number of carbonyl (C=O) groups is 1. The highest BCUT2D eigenvalue weighted by Crippen LogP contribution is 2.53. The zero-order valence-corrected chi connectivity index (χ0v) is 17.7. The summed E-state index contributed by atoms with van der Waals surface area (Å²) in [6.07, 6.45) is 5.10. The molecule has 2 N–H and O–H groups in total. The van der Waals surface area contributed by atoms with Crippen molar-refractivity contribution in [2.75, 3.05) is 6.61 Å². The summed E-state index contributed by atoms with van der Waals surface area (Å²) in [6, 6.07) is 0. The van der Waals surface area contributed by atoms with Crippen molar-refractivity contribution in [3.05, 3.63) is 0 Å². The van der Waals surface area contributed by atoms with Crippen molar-refractivity contribution in [2.45, 2.75) is 120 Å². The van der Waals surface area contributed by atoms with Gasteiger partial charge in [0.15, 0.2) is 5.79 Å². The van der Waals surface area contributed by atoms with Gasteiger partial charge in [-0.05, 0) is 59.8 Å². The summed E-state index contributed by atoms with van der Waals surface area (Å²) < 4.78 is 24.3. The average Bonchev–Trinajstić information content (AvgIpc) is 2.89. The van der Waals surface area contributed by atoms with E-state index in [4.69, 9.17) is 18.9 Å². The van der Waals surface area contributed by atoms with Gasteiger partial charge in [-0.2, -0.15) is 0 Å². The van der Waals surface area contributed by atoms with E-state index in [0.29, 0.717) is 32.1 Å². The number of esters is 1. The predicted molar refractivity (Wildman–Crippen MR) is 101 cm³/mol. The maximum atomic E-state index is 12.2. The molecule has 0 aromatic rings. The molecule has 3 aliphatic rings. The fraction of sp³-hybridized carbons (Fsp3) is 0.952. The number of aliphatic hydroxyl groups is 2. The van der Waals surface area contributed by atoms with E-state index in [1.807, 2.05) is 20.8 Å². The second kappa shape index (κ2) is 7.84. The number of aliphatic hydroxyl groups excluding tert-OH is 1.